The molecular formula is C18H28N4O2. The van der Waals surface area contributed by atoms with Crippen LogP contribution in [-0.4, -0.2) is 39.1 Å². The molecule has 1 aliphatic heterocycles. The van der Waals surface area contributed by atoms with Gasteiger partial charge in [0.2, 0.25) is 11.8 Å². The lowest BCUT2D eigenvalue weighted by Crippen LogP contribution is -2.33. The van der Waals surface area contributed by atoms with E-state index >= 15 is 0 Å². The number of likely N-dealkylation sites (tertiary alicyclic amines) is 1. The van der Waals surface area contributed by atoms with Crippen LogP contribution in [0.4, 0.5) is 5.82 Å². The molecule has 0 spiro atoms. The van der Waals surface area contributed by atoms with Gasteiger partial charge >= 0.3 is 0 Å². The molecule has 3 rings (SSSR count). The molecule has 1 aliphatic carbocycles. The predicted octanol–water partition coefficient (Wildman–Crippen LogP) is 2.89. The van der Waals surface area contributed by atoms with Crippen LogP contribution in [0, 0.1) is 12.8 Å². The van der Waals surface area contributed by atoms with E-state index in [0.717, 1.165) is 24.4 Å². The maximum Gasteiger partial charge on any atom is 0.230 e. The average molecular weight is 332 g/mol. The molecule has 2 amide bonds. The fourth-order valence-corrected chi connectivity index (χ4v) is 3.85. The standard InChI is InChI=1S/C18H28N4O2/c1-12(2)21-11-14(10-17(21)23)18(24)19-16-9-13(3)20-22(16)15-7-5-4-6-8-15/h9,12,14-15H,4-8,10-11H2,1-3H3,(H,19,24)/t14-/m0/s1. The third kappa shape index (κ3) is 3.47. The van der Waals surface area contributed by atoms with E-state index in [9.17, 15) is 9.59 Å². The Morgan fingerprint density at radius 1 is 1.29 bits per heavy atom. The summed E-state index contributed by atoms with van der Waals surface area (Å²) < 4.78 is 1.99. The normalized spacial score (nSPS) is 22.4. The third-order valence-corrected chi connectivity index (χ3v) is 5.18. The number of anilines is 1. The molecular weight excluding hydrogens is 304 g/mol. The molecule has 132 valence electrons. The summed E-state index contributed by atoms with van der Waals surface area (Å²) in [5.41, 5.74) is 0.919. The monoisotopic (exact) mass is 332 g/mol. The van der Waals surface area contributed by atoms with Crippen molar-refractivity contribution in [2.45, 2.75) is 71.4 Å². The highest BCUT2D eigenvalue weighted by atomic mass is 16.2. The molecule has 2 heterocycles. The van der Waals surface area contributed by atoms with Crippen molar-refractivity contribution in [3.63, 3.8) is 0 Å². The molecule has 2 fully saturated rings. The second-order valence-corrected chi connectivity index (χ2v) is 7.44. The fraction of sp³-hybridized carbons (Fsp3) is 0.722. The van der Waals surface area contributed by atoms with E-state index in [4.69, 9.17) is 0 Å². The first-order valence-electron chi connectivity index (χ1n) is 9.12. The van der Waals surface area contributed by atoms with E-state index in [0.29, 0.717) is 19.0 Å². The van der Waals surface area contributed by atoms with E-state index in [1.54, 1.807) is 4.90 Å². The van der Waals surface area contributed by atoms with Crippen molar-refractivity contribution >= 4 is 17.6 Å². The first-order chi connectivity index (χ1) is 11.5. The maximum atomic E-state index is 12.6. The quantitative estimate of drug-likeness (QED) is 0.922. The van der Waals surface area contributed by atoms with Crippen LogP contribution in [0.3, 0.4) is 0 Å². The van der Waals surface area contributed by atoms with E-state index in [1.807, 2.05) is 31.5 Å². The van der Waals surface area contributed by atoms with Gasteiger partial charge in [0.25, 0.3) is 0 Å². The first-order valence-corrected chi connectivity index (χ1v) is 9.12. The minimum Gasteiger partial charge on any atom is -0.339 e. The molecule has 6 nitrogen and oxygen atoms in total. The lowest BCUT2D eigenvalue weighted by molar-refractivity contribution is -0.129. The van der Waals surface area contributed by atoms with Crippen LogP contribution in [0.25, 0.3) is 0 Å². The van der Waals surface area contributed by atoms with E-state index in [2.05, 4.69) is 10.4 Å². The number of carbonyl (C=O) groups excluding carboxylic acids is 2. The summed E-state index contributed by atoms with van der Waals surface area (Å²) in [5, 5.41) is 7.63. The fourth-order valence-electron chi connectivity index (χ4n) is 3.85. The van der Waals surface area contributed by atoms with Crippen molar-refractivity contribution in [3.05, 3.63) is 11.8 Å². The predicted molar refractivity (Wildman–Crippen MR) is 92.7 cm³/mol. The van der Waals surface area contributed by atoms with Gasteiger partial charge in [0.1, 0.15) is 5.82 Å². The summed E-state index contributed by atoms with van der Waals surface area (Å²) in [6, 6.07) is 2.45. The van der Waals surface area contributed by atoms with Crippen molar-refractivity contribution < 1.29 is 9.59 Å². The molecule has 2 aliphatic rings. The molecule has 24 heavy (non-hydrogen) atoms. The number of nitrogens with zero attached hydrogens (tertiary/aromatic N) is 3. The van der Waals surface area contributed by atoms with Crippen LogP contribution in [0.2, 0.25) is 0 Å². The van der Waals surface area contributed by atoms with Crippen molar-refractivity contribution in [1.82, 2.24) is 14.7 Å². The molecule has 6 heteroatoms. The summed E-state index contributed by atoms with van der Waals surface area (Å²) in [4.78, 5) is 26.5. The van der Waals surface area contributed by atoms with E-state index in [-0.39, 0.29) is 23.8 Å². The van der Waals surface area contributed by atoms with Gasteiger partial charge in [-0.2, -0.15) is 5.10 Å². The van der Waals surface area contributed by atoms with Crippen LogP contribution >= 0.6 is 0 Å². The highest BCUT2D eigenvalue weighted by Crippen LogP contribution is 2.31. The minimum atomic E-state index is -0.269. The van der Waals surface area contributed by atoms with Crippen LogP contribution in [-0.2, 0) is 9.59 Å². The van der Waals surface area contributed by atoms with Gasteiger partial charge in [-0.1, -0.05) is 19.3 Å². The smallest absolute Gasteiger partial charge is 0.230 e. The molecule has 1 atom stereocenters. The Hall–Kier alpha value is -1.85. The lowest BCUT2D eigenvalue weighted by atomic mass is 9.96. The number of hydrogen-bond donors (Lipinski definition) is 1. The summed E-state index contributed by atoms with van der Waals surface area (Å²) in [6.07, 6.45) is 6.27. The number of aryl methyl sites for hydroxylation is 1. The number of aromatic nitrogens is 2. The van der Waals surface area contributed by atoms with Crippen LogP contribution < -0.4 is 5.32 Å². The summed E-state index contributed by atoms with van der Waals surface area (Å²) >= 11 is 0. The molecule has 1 aromatic rings. The average Bonchev–Trinajstić information content (AvgIpc) is 3.11. The molecule has 1 saturated carbocycles. The zero-order valence-electron chi connectivity index (χ0n) is 14.9. The van der Waals surface area contributed by atoms with Gasteiger partial charge in [0, 0.05) is 25.1 Å². The minimum absolute atomic E-state index is 0.0662. The van der Waals surface area contributed by atoms with Gasteiger partial charge in [0.05, 0.1) is 17.7 Å². The van der Waals surface area contributed by atoms with Gasteiger partial charge < -0.3 is 10.2 Å². The number of hydrogen-bond acceptors (Lipinski definition) is 3. The third-order valence-electron chi connectivity index (χ3n) is 5.18. The SMILES string of the molecule is Cc1cc(NC(=O)[C@H]2CC(=O)N(C(C)C)C2)n(C2CCCCC2)n1. The highest BCUT2D eigenvalue weighted by Gasteiger charge is 2.36. The highest BCUT2D eigenvalue weighted by molar-refractivity contribution is 5.96. The lowest BCUT2D eigenvalue weighted by Gasteiger charge is -2.24. The molecule has 0 unspecified atom stereocenters. The van der Waals surface area contributed by atoms with Gasteiger partial charge in [-0.25, -0.2) is 4.68 Å². The van der Waals surface area contributed by atoms with Crippen molar-refractivity contribution in [2.75, 3.05) is 11.9 Å². The molecule has 0 radical (unpaired) electrons. The zero-order valence-corrected chi connectivity index (χ0v) is 14.9. The van der Waals surface area contributed by atoms with E-state index < -0.39 is 0 Å². The summed E-state index contributed by atoms with van der Waals surface area (Å²) in [5.74, 6) is 0.514. The molecule has 1 aromatic heterocycles. The Morgan fingerprint density at radius 2 is 2.00 bits per heavy atom. The Balaban J connectivity index is 1.70. The van der Waals surface area contributed by atoms with Crippen LogP contribution in [0.15, 0.2) is 6.07 Å². The van der Waals surface area contributed by atoms with Crippen LogP contribution in [0.5, 0.6) is 0 Å². The summed E-state index contributed by atoms with van der Waals surface area (Å²) in [6.45, 7) is 6.44. The van der Waals surface area contributed by atoms with E-state index in [1.165, 1.54) is 19.3 Å². The Kier molecular flexibility index (Phi) is 4.92. The van der Waals surface area contributed by atoms with Crippen LogP contribution in [0.1, 0.15) is 64.1 Å². The maximum absolute atomic E-state index is 12.6. The van der Waals surface area contributed by atoms with Gasteiger partial charge in [0.15, 0.2) is 0 Å². The number of rotatable bonds is 4. The number of amides is 2. The van der Waals surface area contributed by atoms with Gasteiger partial charge in [-0.05, 0) is 33.6 Å². The first kappa shape index (κ1) is 17.0. The number of nitrogens with one attached hydrogen (secondary N) is 1. The molecule has 0 aromatic carbocycles. The Morgan fingerprint density at radius 3 is 2.62 bits per heavy atom. The molecule has 0 bridgehead atoms. The largest absolute Gasteiger partial charge is 0.339 e. The second kappa shape index (κ2) is 6.95. The Bertz CT molecular complexity index is 617. The number of carbonyl (C=O) groups is 2. The van der Waals surface area contributed by atoms with Gasteiger partial charge in [-0.15, -0.1) is 0 Å². The van der Waals surface area contributed by atoms with Crippen molar-refractivity contribution in [3.8, 4) is 0 Å². The van der Waals surface area contributed by atoms with Crippen molar-refractivity contribution in [2.24, 2.45) is 5.92 Å². The molecule has 1 saturated heterocycles. The second-order valence-electron chi connectivity index (χ2n) is 7.44. The summed E-state index contributed by atoms with van der Waals surface area (Å²) in [7, 11) is 0. The zero-order chi connectivity index (χ0) is 17.3. The topological polar surface area (TPSA) is 67.2 Å². The van der Waals surface area contributed by atoms with Gasteiger partial charge in [-0.3, -0.25) is 9.59 Å². The Labute approximate surface area is 143 Å². The molecule has 1 N–H and O–H groups in total. The van der Waals surface area contributed by atoms with Crippen molar-refractivity contribution in [1.29, 1.82) is 0 Å².